The predicted octanol–water partition coefficient (Wildman–Crippen LogP) is 4.06. The van der Waals surface area contributed by atoms with Crippen LogP contribution in [0.3, 0.4) is 0 Å². The summed E-state index contributed by atoms with van der Waals surface area (Å²) in [7, 11) is 0. The average Bonchev–Trinajstić information content (AvgIpc) is 2.69. The third-order valence-electron chi connectivity index (χ3n) is 3.17. The van der Waals surface area contributed by atoms with Gasteiger partial charge in [0, 0.05) is 5.41 Å². The molecule has 0 amide bonds. The molecule has 2 rings (SSSR count). The molecule has 0 aliphatic carbocycles. The minimum absolute atomic E-state index is 0.201. The maximum Gasteiger partial charge on any atom is 0.145 e. The molecule has 0 spiro atoms. The second-order valence-corrected chi connectivity index (χ2v) is 6.38. The van der Waals surface area contributed by atoms with E-state index in [1.165, 1.54) is 5.56 Å². The molecule has 0 fully saturated rings. The summed E-state index contributed by atoms with van der Waals surface area (Å²) in [5.74, 6) is 0. The van der Waals surface area contributed by atoms with Crippen LogP contribution in [0.2, 0.25) is 5.15 Å². The van der Waals surface area contributed by atoms with E-state index in [1.54, 1.807) is 4.68 Å². The number of nitriles is 1. The van der Waals surface area contributed by atoms with E-state index in [4.69, 9.17) is 11.6 Å². The molecule has 0 unspecified atom stereocenters. The average molecular weight is 288 g/mol. The van der Waals surface area contributed by atoms with Crippen LogP contribution in [0, 0.1) is 18.3 Å². The highest BCUT2D eigenvalue weighted by molar-refractivity contribution is 6.30. The van der Waals surface area contributed by atoms with Crippen molar-refractivity contribution in [1.29, 1.82) is 5.26 Å². The van der Waals surface area contributed by atoms with Crippen molar-refractivity contribution in [3.8, 4) is 6.07 Å². The molecular formula is C16H18ClN3. The second kappa shape index (κ2) is 5.30. The zero-order chi connectivity index (χ0) is 14.9. The van der Waals surface area contributed by atoms with Crippen LogP contribution in [0.25, 0.3) is 0 Å². The summed E-state index contributed by atoms with van der Waals surface area (Å²) >= 11 is 6.29. The monoisotopic (exact) mass is 287 g/mol. The van der Waals surface area contributed by atoms with Crippen LogP contribution >= 0.6 is 11.6 Å². The highest BCUT2D eigenvalue weighted by atomic mass is 35.5. The van der Waals surface area contributed by atoms with E-state index in [2.05, 4.69) is 42.4 Å². The molecule has 0 N–H and O–H groups in total. The van der Waals surface area contributed by atoms with Gasteiger partial charge >= 0.3 is 0 Å². The van der Waals surface area contributed by atoms with Gasteiger partial charge in [0.1, 0.15) is 16.8 Å². The molecule has 1 aromatic heterocycles. The van der Waals surface area contributed by atoms with Crippen molar-refractivity contribution in [2.75, 3.05) is 0 Å². The molecule has 0 aliphatic rings. The van der Waals surface area contributed by atoms with Gasteiger partial charge in [-0.1, -0.05) is 62.2 Å². The Morgan fingerprint density at radius 3 is 2.30 bits per heavy atom. The summed E-state index contributed by atoms with van der Waals surface area (Å²) in [6, 6.07) is 10.4. The van der Waals surface area contributed by atoms with E-state index in [1.807, 2.05) is 20.8 Å². The quantitative estimate of drug-likeness (QED) is 0.836. The van der Waals surface area contributed by atoms with Gasteiger partial charge in [0.15, 0.2) is 0 Å². The summed E-state index contributed by atoms with van der Waals surface area (Å²) in [6.07, 6.45) is 0. The molecule has 0 radical (unpaired) electrons. The van der Waals surface area contributed by atoms with E-state index >= 15 is 0 Å². The molecule has 2 aromatic rings. The fourth-order valence-corrected chi connectivity index (χ4v) is 2.27. The summed E-state index contributed by atoms with van der Waals surface area (Å²) in [5, 5.41) is 14.2. The van der Waals surface area contributed by atoms with E-state index in [9.17, 15) is 5.26 Å². The highest BCUT2D eigenvalue weighted by Crippen LogP contribution is 2.29. The topological polar surface area (TPSA) is 41.6 Å². The summed E-state index contributed by atoms with van der Waals surface area (Å²) < 4.78 is 1.70. The van der Waals surface area contributed by atoms with Crippen LogP contribution in [0.15, 0.2) is 24.3 Å². The fourth-order valence-electron chi connectivity index (χ4n) is 2.04. The van der Waals surface area contributed by atoms with Crippen molar-refractivity contribution < 1.29 is 0 Å². The Balaban J connectivity index is 2.41. The third-order valence-corrected chi connectivity index (χ3v) is 3.55. The van der Waals surface area contributed by atoms with Crippen LogP contribution in [0.1, 0.15) is 43.2 Å². The number of halogens is 1. The first kappa shape index (κ1) is 14.6. The van der Waals surface area contributed by atoms with Crippen molar-refractivity contribution in [1.82, 2.24) is 9.78 Å². The predicted molar refractivity (Wildman–Crippen MR) is 80.9 cm³/mol. The number of nitrogens with zero attached hydrogens (tertiary/aromatic N) is 3. The molecule has 0 saturated carbocycles. The van der Waals surface area contributed by atoms with Crippen LogP contribution in [-0.4, -0.2) is 9.78 Å². The van der Waals surface area contributed by atoms with Crippen molar-refractivity contribution in [2.24, 2.45) is 0 Å². The smallest absolute Gasteiger partial charge is 0.145 e. The zero-order valence-electron chi connectivity index (χ0n) is 12.2. The van der Waals surface area contributed by atoms with E-state index in [-0.39, 0.29) is 5.41 Å². The van der Waals surface area contributed by atoms with Crippen molar-refractivity contribution >= 4 is 11.6 Å². The van der Waals surface area contributed by atoms with Crippen molar-refractivity contribution in [2.45, 2.75) is 39.7 Å². The number of aromatic nitrogens is 2. The molecule has 1 heterocycles. The minimum atomic E-state index is -0.201. The van der Waals surface area contributed by atoms with Gasteiger partial charge in [-0.25, -0.2) is 4.68 Å². The van der Waals surface area contributed by atoms with Gasteiger partial charge in [-0.05, 0) is 12.5 Å². The maximum absolute atomic E-state index is 9.29. The van der Waals surface area contributed by atoms with Crippen molar-refractivity contribution in [3.63, 3.8) is 0 Å². The molecule has 0 saturated heterocycles. The Morgan fingerprint density at radius 1 is 1.25 bits per heavy atom. The van der Waals surface area contributed by atoms with E-state index < -0.39 is 0 Å². The third kappa shape index (κ3) is 2.86. The number of benzene rings is 1. The Bertz CT molecular complexity index is 655. The standard InChI is InChI=1S/C16H18ClN3/c1-11-5-7-12(8-6-11)10-20-15(17)13(9-18)14(19-20)16(2,3)4/h5-8H,10H2,1-4H3. The van der Waals surface area contributed by atoms with E-state index in [0.29, 0.717) is 17.3 Å². The molecule has 1 aromatic carbocycles. The van der Waals surface area contributed by atoms with Gasteiger partial charge in [-0.2, -0.15) is 10.4 Å². The zero-order valence-corrected chi connectivity index (χ0v) is 13.0. The Morgan fingerprint density at radius 2 is 1.85 bits per heavy atom. The number of aryl methyl sites for hydroxylation is 1. The second-order valence-electron chi connectivity index (χ2n) is 6.02. The van der Waals surface area contributed by atoms with Crippen LogP contribution in [0.4, 0.5) is 0 Å². The van der Waals surface area contributed by atoms with Gasteiger partial charge in [0.25, 0.3) is 0 Å². The van der Waals surface area contributed by atoms with Gasteiger partial charge in [0.05, 0.1) is 12.2 Å². The van der Waals surface area contributed by atoms with Gasteiger partial charge < -0.3 is 0 Å². The van der Waals surface area contributed by atoms with Crippen LogP contribution < -0.4 is 0 Å². The largest absolute Gasteiger partial charge is 0.248 e. The Hall–Kier alpha value is -1.79. The summed E-state index contributed by atoms with van der Waals surface area (Å²) in [6.45, 7) is 8.72. The first-order chi connectivity index (χ1) is 9.32. The molecule has 0 bridgehead atoms. The van der Waals surface area contributed by atoms with Crippen LogP contribution in [0.5, 0.6) is 0 Å². The molecule has 4 heteroatoms. The van der Waals surface area contributed by atoms with Gasteiger partial charge in [-0.3, -0.25) is 0 Å². The normalized spacial score (nSPS) is 11.4. The molecular weight excluding hydrogens is 270 g/mol. The maximum atomic E-state index is 9.29. The molecule has 0 aliphatic heterocycles. The molecule has 0 atom stereocenters. The lowest BCUT2D eigenvalue weighted by molar-refractivity contribution is 0.544. The lowest BCUT2D eigenvalue weighted by Crippen LogP contribution is -2.14. The Labute approximate surface area is 124 Å². The lowest BCUT2D eigenvalue weighted by Gasteiger charge is -2.15. The first-order valence-corrected chi connectivity index (χ1v) is 6.93. The molecule has 104 valence electrons. The minimum Gasteiger partial charge on any atom is -0.248 e. The van der Waals surface area contributed by atoms with Gasteiger partial charge in [-0.15, -0.1) is 0 Å². The van der Waals surface area contributed by atoms with Gasteiger partial charge in [0.2, 0.25) is 0 Å². The SMILES string of the molecule is Cc1ccc(Cn2nc(C(C)(C)C)c(C#N)c2Cl)cc1. The van der Waals surface area contributed by atoms with Crippen LogP contribution in [-0.2, 0) is 12.0 Å². The number of rotatable bonds is 2. The highest BCUT2D eigenvalue weighted by Gasteiger charge is 2.26. The Kier molecular flexibility index (Phi) is 3.87. The molecule has 20 heavy (non-hydrogen) atoms. The van der Waals surface area contributed by atoms with Crippen molar-refractivity contribution in [3.05, 3.63) is 51.8 Å². The lowest BCUT2D eigenvalue weighted by atomic mass is 9.90. The number of hydrogen-bond acceptors (Lipinski definition) is 2. The molecule has 3 nitrogen and oxygen atoms in total. The summed E-state index contributed by atoms with van der Waals surface area (Å²) in [5.41, 5.74) is 3.36. The number of hydrogen-bond donors (Lipinski definition) is 0. The first-order valence-electron chi connectivity index (χ1n) is 6.55. The van der Waals surface area contributed by atoms with E-state index in [0.717, 1.165) is 11.3 Å². The fraction of sp³-hybridized carbons (Fsp3) is 0.375. The summed E-state index contributed by atoms with van der Waals surface area (Å²) in [4.78, 5) is 0.